The molecule has 1 N–H and O–H groups in total. The van der Waals surface area contributed by atoms with Gasteiger partial charge in [-0.25, -0.2) is 0 Å². The predicted molar refractivity (Wildman–Crippen MR) is 86.2 cm³/mol. The number of carbonyl (C=O) groups is 1. The Hall–Kier alpha value is -2.00. The zero-order valence-corrected chi connectivity index (χ0v) is 12.7. The van der Waals surface area contributed by atoms with Crippen LogP contribution in [0.1, 0.15) is 11.1 Å². The molecule has 2 aromatic carbocycles. The average Bonchev–Trinajstić information content (AvgIpc) is 2.51. The second-order valence-electron chi connectivity index (χ2n) is 4.74. The molecule has 0 aliphatic heterocycles. The van der Waals surface area contributed by atoms with Crippen LogP contribution in [-0.2, 0) is 11.2 Å². The van der Waals surface area contributed by atoms with E-state index in [1.165, 1.54) is 5.56 Å². The summed E-state index contributed by atoms with van der Waals surface area (Å²) in [4.78, 5) is 11.3. The lowest BCUT2D eigenvalue weighted by atomic mass is 10.1. The summed E-state index contributed by atoms with van der Waals surface area (Å²) in [6.45, 7) is 2.55. The Morgan fingerprint density at radius 1 is 1.19 bits per heavy atom. The highest BCUT2D eigenvalue weighted by Gasteiger charge is 2.04. The number of nitrogens with one attached hydrogen (secondary N) is 1. The maximum atomic E-state index is 11.3. The zero-order chi connectivity index (χ0) is 15.1. The fourth-order valence-corrected chi connectivity index (χ4v) is 2.05. The quantitative estimate of drug-likeness (QED) is 0.824. The van der Waals surface area contributed by atoms with Gasteiger partial charge in [0.1, 0.15) is 11.6 Å². The Morgan fingerprint density at radius 3 is 2.62 bits per heavy atom. The molecule has 0 saturated heterocycles. The minimum atomic E-state index is -0.211. The maximum Gasteiger partial charge on any atom is 0.239 e. The van der Waals surface area contributed by atoms with E-state index in [-0.39, 0.29) is 11.8 Å². The van der Waals surface area contributed by atoms with Crippen molar-refractivity contribution in [3.05, 3.63) is 59.7 Å². The topological polar surface area (TPSA) is 38.3 Å². The van der Waals surface area contributed by atoms with E-state index in [4.69, 9.17) is 16.3 Å². The molecule has 0 aromatic heterocycles. The molecule has 2 aromatic rings. The van der Waals surface area contributed by atoms with Crippen LogP contribution >= 0.6 is 11.6 Å². The highest BCUT2D eigenvalue weighted by Crippen LogP contribution is 2.21. The molecule has 0 bridgehead atoms. The molecule has 0 unspecified atom stereocenters. The maximum absolute atomic E-state index is 11.3. The Kier molecular flexibility index (Phi) is 5.64. The van der Waals surface area contributed by atoms with Crippen LogP contribution in [-0.4, -0.2) is 18.4 Å². The van der Waals surface area contributed by atoms with E-state index in [2.05, 4.69) is 17.4 Å². The first-order valence-corrected chi connectivity index (χ1v) is 7.35. The van der Waals surface area contributed by atoms with E-state index in [9.17, 15) is 4.79 Å². The van der Waals surface area contributed by atoms with Gasteiger partial charge in [-0.3, -0.25) is 4.79 Å². The molecule has 4 heteroatoms. The van der Waals surface area contributed by atoms with Crippen molar-refractivity contribution in [1.82, 2.24) is 0 Å². The van der Waals surface area contributed by atoms with Crippen molar-refractivity contribution >= 4 is 23.2 Å². The van der Waals surface area contributed by atoms with Gasteiger partial charge in [0, 0.05) is 12.1 Å². The van der Waals surface area contributed by atoms with Gasteiger partial charge in [0.25, 0.3) is 0 Å². The Bertz CT molecular complexity index is 599. The van der Waals surface area contributed by atoms with Crippen molar-refractivity contribution in [2.24, 2.45) is 0 Å². The van der Waals surface area contributed by atoms with Crippen molar-refractivity contribution in [2.75, 3.05) is 17.8 Å². The van der Waals surface area contributed by atoms with E-state index < -0.39 is 0 Å². The Labute approximate surface area is 129 Å². The van der Waals surface area contributed by atoms with Crippen molar-refractivity contribution in [2.45, 2.75) is 13.3 Å². The monoisotopic (exact) mass is 303 g/mol. The first-order chi connectivity index (χ1) is 10.2. The number of benzene rings is 2. The molecule has 0 fully saturated rings. The summed E-state index contributed by atoms with van der Waals surface area (Å²) in [5.41, 5.74) is 2.96. The number of amides is 1. The van der Waals surface area contributed by atoms with Crippen LogP contribution in [0, 0.1) is 6.92 Å². The van der Waals surface area contributed by atoms with E-state index in [1.54, 1.807) is 0 Å². The Balaban J connectivity index is 1.89. The van der Waals surface area contributed by atoms with Crippen LogP contribution in [0.15, 0.2) is 48.5 Å². The van der Waals surface area contributed by atoms with E-state index in [0.29, 0.717) is 6.61 Å². The SMILES string of the molecule is Cc1cc(OCCc2ccccc2)ccc1NC(=O)CCl. The van der Waals surface area contributed by atoms with Crippen molar-refractivity contribution in [1.29, 1.82) is 0 Å². The number of halogens is 1. The van der Waals surface area contributed by atoms with Crippen molar-refractivity contribution in [3.63, 3.8) is 0 Å². The number of hydrogen-bond acceptors (Lipinski definition) is 2. The molecule has 3 nitrogen and oxygen atoms in total. The lowest BCUT2D eigenvalue weighted by Gasteiger charge is -2.11. The minimum Gasteiger partial charge on any atom is -0.493 e. The molecule has 0 aliphatic carbocycles. The van der Waals surface area contributed by atoms with Gasteiger partial charge >= 0.3 is 0 Å². The third-order valence-electron chi connectivity index (χ3n) is 3.10. The molecule has 0 atom stereocenters. The molecule has 0 aliphatic rings. The largest absolute Gasteiger partial charge is 0.493 e. The lowest BCUT2D eigenvalue weighted by molar-refractivity contribution is -0.113. The molecule has 0 radical (unpaired) electrons. The fourth-order valence-electron chi connectivity index (χ4n) is 1.98. The van der Waals surface area contributed by atoms with Crippen molar-refractivity contribution < 1.29 is 9.53 Å². The van der Waals surface area contributed by atoms with Gasteiger partial charge in [0.05, 0.1) is 6.61 Å². The molecule has 21 heavy (non-hydrogen) atoms. The number of ether oxygens (including phenoxy) is 1. The number of hydrogen-bond donors (Lipinski definition) is 1. The van der Waals surface area contributed by atoms with Gasteiger partial charge in [0.15, 0.2) is 0 Å². The summed E-state index contributed by atoms with van der Waals surface area (Å²) in [6, 6.07) is 15.8. The third-order valence-corrected chi connectivity index (χ3v) is 3.34. The summed E-state index contributed by atoms with van der Waals surface area (Å²) >= 11 is 5.48. The average molecular weight is 304 g/mol. The van der Waals surface area contributed by atoms with Crippen LogP contribution in [0.4, 0.5) is 5.69 Å². The summed E-state index contributed by atoms with van der Waals surface area (Å²) in [7, 11) is 0. The van der Waals surface area contributed by atoms with Crippen LogP contribution in [0.25, 0.3) is 0 Å². The second-order valence-corrected chi connectivity index (χ2v) is 5.01. The number of aryl methyl sites for hydroxylation is 1. The van der Waals surface area contributed by atoms with Gasteiger partial charge < -0.3 is 10.1 Å². The smallest absolute Gasteiger partial charge is 0.239 e. The van der Waals surface area contributed by atoms with Gasteiger partial charge in [0.2, 0.25) is 5.91 Å². The van der Waals surface area contributed by atoms with E-state index >= 15 is 0 Å². The fraction of sp³-hybridized carbons (Fsp3) is 0.235. The van der Waals surface area contributed by atoms with Gasteiger partial charge in [-0.05, 0) is 36.2 Å². The predicted octanol–water partition coefficient (Wildman–Crippen LogP) is 3.79. The summed E-state index contributed by atoms with van der Waals surface area (Å²) in [6.07, 6.45) is 0.866. The second kappa shape index (κ2) is 7.70. The van der Waals surface area contributed by atoms with Crippen LogP contribution < -0.4 is 10.1 Å². The summed E-state index contributed by atoms with van der Waals surface area (Å²) in [5, 5.41) is 2.74. The van der Waals surface area contributed by atoms with Gasteiger partial charge in [-0.2, -0.15) is 0 Å². The standard InChI is InChI=1S/C17H18ClNO2/c1-13-11-15(7-8-16(13)19-17(20)12-18)21-10-9-14-5-3-2-4-6-14/h2-8,11H,9-10,12H2,1H3,(H,19,20). The number of alkyl halides is 1. The summed E-state index contributed by atoms with van der Waals surface area (Å²) in [5.74, 6) is 0.541. The Morgan fingerprint density at radius 2 is 1.95 bits per heavy atom. The van der Waals surface area contributed by atoms with Crippen LogP contribution in [0.5, 0.6) is 5.75 Å². The summed E-state index contributed by atoms with van der Waals surface area (Å²) < 4.78 is 5.74. The van der Waals surface area contributed by atoms with Crippen molar-refractivity contribution in [3.8, 4) is 5.75 Å². The van der Waals surface area contributed by atoms with Crippen LogP contribution in [0.2, 0.25) is 0 Å². The first kappa shape index (κ1) is 15.4. The number of rotatable bonds is 6. The highest BCUT2D eigenvalue weighted by molar-refractivity contribution is 6.29. The minimum absolute atomic E-state index is 0.0469. The molecule has 1 amide bonds. The van der Waals surface area contributed by atoms with E-state index in [0.717, 1.165) is 23.4 Å². The molecule has 0 heterocycles. The molecule has 0 saturated carbocycles. The molecule has 0 spiro atoms. The third kappa shape index (κ3) is 4.80. The first-order valence-electron chi connectivity index (χ1n) is 6.82. The molecular formula is C17H18ClNO2. The molecule has 2 rings (SSSR count). The highest BCUT2D eigenvalue weighted by atomic mass is 35.5. The van der Waals surface area contributed by atoms with Crippen LogP contribution in [0.3, 0.4) is 0 Å². The molecule has 110 valence electrons. The molecular weight excluding hydrogens is 286 g/mol. The lowest BCUT2D eigenvalue weighted by Crippen LogP contribution is -2.13. The van der Waals surface area contributed by atoms with E-state index in [1.807, 2.05) is 43.3 Å². The zero-order valence-electron chi connectivity index (χ0n) is 11.9. The van der Waals surface area contributed by atoms with Gasteiger partial charge in [-0.1, -0.05) is 30.3 Å². The number of anilines is 1. The normalized spacial score (nSPS) is 10.2. The van der Waals surface area contributed by atoms with Gasteiger partial charge in [-0.15, -0.1) is 11.6 Å². The number of carbonyl (C=O) groups excluding carboxylic acids is 1.